The zero-order valence-corrected chi connectivity index (χ0v) is 11.8. The molecular weight excluding hydrogens is 220 g/mol. The molecule has 2 rings (SSSR count). The van der Waals surface area contributed by atoms with E-state index in [9.17, 15) is 0 Å². The normalized spacial score (nSPS) is 15.4. The summed E-state index contributed by atoms with van der Waals surface area (Å²) in [6.45, 7) is 5.50. The molecule has 1 aliphatic carbocycles. The molecule has 0 bridgehead atoms. The number of benzene rings is 1. The summed E-state index contributed by atoms with van der Waals surface area (Å²) in [5, 5.41) is 3.44. The highest BCUT2D eigenvalue weighted by Gasteiger charge is 2.19. The molecular formula is C16H26N2. The Morgan fingerprint density at radius 2 is 1.94 bits per heavy atom. The van der Waals surface area contributed by atoms with Crippen LogP contribution in [0.25, 0.3) is 0 Å². The molecule has 1 saturated carbocycles. The van der Waals surface area contributed by atoms with Crippen LogP contribution in [0.15, 0.2) is 24.3 Å². The van der Waals surface area contributed by atoms with Gasteiger partial charge in [-0.25, -0.2) is 0 Å². The molecule has 0 spiro atoms. The van der Waals surface area contributed by atoms with Crippen molar-refractivity contribution >= 4 is 5.69 Å². The maximum absolute atomic E-state index is 3.44. The van der Waals surface area contributed by atoms with E-state index in [0.717, 1.165) is 19.0 Å². The summed E-state index contributed by atoms with van der Waals surface area (Å²) in [6.07, 6.45) is 5.47. The molecule has 1 aliphatic rings. The summed E-state index contributed by atoms with van der Waals surface area (Å²) < 4.78 is 0. The number of nitrogens with one attached hydrogen (secondary N) is 1. The maximum Gasteiger partial charge on any atom is 0.0363 e. The van der Waals surface area contributed by atoms with Gasteiger partial charge in [0.1, 0.15) is 0 Å². The molecule has 18 heavy (non-hydrogen) atoms. The quantitative estimate of drug-likeness (QED) is 0.742. The minimum absolute atomic E-state index is 0.931. The minimum atomic E-state index is 0.931. The summed E-state index contributed by atoms with van der Waals surface area (Å²) in [7, 11) is 2.21. The molecule has 0 aromatic heterocycles. The van der Waals surface area contributed by atoms with Gasteiger partial charge in [0.15, 0.2) is 0 Å². The molecule has 100 valence electrons. The summed E-state index contributed by atoms with van der Waals surface area (Å²) in [4.78, 5) is 2.40. The summed E-state index contributed by atoms with van der Waals surface area (Å²) in [6, 6.07) is 8.99. The third-order valence-corrected chi connectivity index (χ3v) is 3.89. The Hall–Kier alpha value is -1.02. The van der Waals surface area contributed by atoms with E-state index < -0.39 is 0 Å². The van der Waals surface area contributed by atoms with E-state index in [1.54, 1.807) is 0 Å². The number of hydrogen-bond acceptors (Lipinski definition) is 2. The van der Waals surface area contributed by atoms with E-state index >= 15 is 0 Å². The van der Waals surface area contributed by atoms with Gasteiger partial charge >= 0.3 is 0 Å². The fraction of sp³-hybridized carbons (Fsp3) is 0.625. The van der Waals surface area contributed by atoms with Crippen LogP contribution in [0, 0.1) is 5.92 Å². The Balaban J connectivity index is 1.81. The summed E-state index contributed by atoms with van der Waals surface area (Å²) in [5.74, 6) is 0.931. The van der Waals surface area contributed by atoms with Gasteiger partial charge < -0.3 is 10.2 Å². The van der Waals surface area contributed by atoms with Gasteiger partial charge in [-0.1, -0.05) is 25.5 Å². The van der Waals surface area contributed by atoms with Crippen molar-refractivity contribution in [3.05, 3.63) is 29.8 Å². The molecule has 0 radical (unpaired) electrons. The lowest BCUT2D eigenvalue weighted by Gasteiger charge is -2.31. The number of hydrogen-bond donors (Lipinski definition) is 1. The van der Waals surface area contributed by atoms with E-state index in [-0.39, 0.29) is 0 Å². The molecule has 1 aromatic carbocycles. The van der Waals surface area contributed by atoms with Crippen LogP contribution in [0.4, 0.5) is 5.69 Å². The molecule has 0 heterocycles. The Morgan fingerprint density at radius 1 is 1.22 bits per heavy atom. The van der Waals surface area contributed by atoms with Gasteiger partial charge in [0.2, 0.25) is 0 Å². The monoisotopic (exact) mass is 246 g/mol. The molecule has 0 saturated heterocycles. The van der Waals surface area contributed by atoms with Crippen LogP contribution >= 0.6 is 0 Å². The lowest BCUT2D eigenvalue weighted by molar-refractivity contribution is 0.321. The Morgan fingerprint density at radius 3 is 2.50 bits per heavy atom. The van der Waals surface area contributed by atoms with E-state index in [4.69, 9.17) is 0 Å². The van der Waals surface area contributed by atoms with Gasteiger partial charge in [-0.2, -0.15) is 0 Å². The van der Waals surface area contributed by atoms with E-state index in [1.807, 2.05) is 0 Å². The Kier molecular flexibility index (Phi) is 5.06. The molecule has 1 fully saturated rings. The zero-order chi connectivity index (χ0) is 12.8. The highest BCUT2D eigenvalue weighted by molar-refractivity contribution is 5.46. The topological polar surface area (TPSA) is 15.3 Å². The van der Waals surface area contributed by atoms with Crippen molar-refractivity contribution in [1.82, 2.24) is 5.32 Å². The first-order valence-electron chi connectivity index (χ1n) is 7.30. The Labute approximate surface area is 111 Å². The van der Waals surface area contributed by atoms with Crippen molar-refractivity contribution < 1.29 is 0 Å². The molecule has 1 N–H and O–H groups in total. The number of rotatable bonds is 7. The molecule has 2 nitrogen and oxygen atoms in total. The first-order chi connectivity index (χ1) is 8.79. The molecule has 0 atom stereocenters. The largest absolute Gasteiger partial charge is 0.374 e. The van der Waals surface area contributed by atoms with Gasteiger partial charge in [0.05, 0.1) is 0 Å². The first kappa shape index (κ1) is 13.4. The van der Waals surface area contributed by atoms with Crippen molar-refractivity contribution in [2.45, 2.75) is 39.2 Å². The van der Waals surface area contributed by atoms with Gasteiger partial charge in [-0.3, -0.25) is 0 Å². The van der Waals surface area contributed by atoms with Crippen LogP contribution < -0.4 is 10.2 Å². The first-order valence-corrected chi connectivity index (χ1v) is 7.30. The second-order valence-electron chi connectivity index (χ2n) is 5.52. The molecule has 0 unspecified atom stereocenters. The lowest BCUT2D eigenvalue weighted by atomic mass is 9.85. The summed E-state index contributed by atoms with van der Waals surface area (Å²) >= 11 is 0. The zero-order valence-electron chi connectivity index (χ0n) is 11.8. The lowest BCUT2D eigenvalue weighted by Crippen LogP contribution is -2.29. The standard InChI is InChI=1S/C16H26N2/c1-3-11-17-12-14-7-9-16(10-8-14)18(2)13-15-5-4-6-15/h7-10,15,17H,3-6,11-13H2,1-2H3. The third-order valence-electron chi connectivity index (χ3n) is 3.89. The van der Waals surface area contributed by atoms with Crippen molar-refractivity contribution in [2.24, 2.45) is 5.92 Å². The molecule has 2 heteroatoms. The highest BCUT2D eigenvalue weighted by Crippen LogP contribution is 2.28. The van der Waals surface area contributed by atoms with Gasteiger partial charge in [0.25, 0.3) is 0 Å². The predicted octanol–water partition coefficient (Wildman–Crippen LogP) is 3.42. The predicted molar refractivity (Wildman–Crippen MR) is 79.1 cm³/mol. The SMILES string of the molecule is CCCNCc1ccc(N(C)CC2CCC2)cc1. The van der Waals surface area contributed by atoms with Crippen LogP contribution in [0.5, 0.6) is 0 Å². The second-order valence-corrected chi connectivity index (χ2v) is 5.52. The van der Waals surface area contributed by atoms with Crippen molar-refractivity contribution in [1.29, 1.82) is 0 Å². The fourth-order valence-corrected chi connectivity index (χ4v) is 2.45. The molecule has 0 aliphatic heterocycles. The molecule has 1 aromatic rings. The van der Waals surface area contributed by atoms with Crippen LogP contribution in [0.2, 0.25) is 0 Å². The van der Waals surface area contributed by atoms with Crippen LogP contribution in [-0.2, 0) is 6.54 Å². The Bertz CT molecular complexity index is 341. The van der Waals surface area contributed by atoms with Crippen molar-refractivity contribution in [2.75, 3.05) is 25.0 Å². The van der Waals surface area contributed by atoms with E-state index in [0.29, 0.717) is 0 Å². The average Bonchev–Trinajstić information content (AvgIpc) is 2.35. The van der Waals surface area contributed by atoms with Crippen LogP contribution in [0.3, 0.4) is 0 Å². The maximum atomic E-state index is 3.44. The van der Waals surface area contributed by atoms with Gasteiger partial charge in [-0.05, 0) is 49.4 Å². The van der Waals surface area contributed by atoms with Gasteiger partial charge in [0, 0.05) is 25.8 Å². The van der Waals surface area contributed by atoms with E-state index in [1.165, 1.54) is 43.5 Å². The number of nitrogens with zero attached hydrogens (tertiary/aromatic N) is 1. The highest BCUT2D eigenvalue weighted by atomic mass is 15.1. The van der Waals surface area contributed by atoms with Crippen molar-refractivity contribution in [3.8, 4) is 0 Å². The summed E-state index contributed by atoms with van der Waals surface area (Å²) in [5.41, 5.74) is 2.73. The number of anilines is 1. The van der Waals surface area contributed by atoms with Gasteiger partial charge in [-0.15, -0.1) is 0 Å². The van der Waals surface area contributed by atoms with Crippen LogP contribution in [0.1, 0.15) is 38.2 Å². The fourth-order valence-electron chi connectivity index (χ4n) is 2.45. The van der Waals surface area contributed by atoms with Crippen LogP contribution in [-0.4, -0.2) is 20.1 Å². The second kappa shape index (κ2) is 6.79. The third kappa shape index (κ3) is 3.74. The average molecular weight is 246 g/mol. The van der Waals surface area contributed by atoms with E-state index in [2.05, 4.69) is 48.5 Å². The van der Waals surface area contributed by atoms with Crippen molar-refractivity contribution in [3.63, 3.8) is 0 Å². The smallest absolute Gasteiger partial charge is 0.0363 e. The minimum Gasteiger partial charge on any atom is -0.374 e. The molecule has 0 amide bonds.